The molecule has 2 rings (SSSR count). The van der Waals surface area contributed by atoms with Crippen molar-refractivity contribution in [1.82, 2.24) is 15.0 Å². The fourth-order valence-corrected chi connectivity index (χ4v) is 1.37. The molecule has 0 aliphatic carbocycles. The highest BCUT2D eigenvalue weighted by Crippen LogP contribution is 2.15. The van der Waals surface area contributed by atoms with E-state index < -0.39 is 6.09 Å². The molecule has 0 bridgehead atoms. The zero-order valence-electron chi connectivity index (χ0n) is 10.0. The molecular formula is C12H12N4O2. The van der Waals surface area contributed by atoms with Crippen LogP contribution >= 0.6 is 0 Å². The number of hydrogen-bond acceptors (Lipinski definition) is 5. The zero-order chi connectivity index (χ0) is 13.0. The number of hydrogen-bond donors (Lipinski definition) is 1. The van der Waals surface area contributed by atoms with Gasteiger partial charge in [0.25, 0.3) is 0 Å². The van der Waals surface area contributed by atoms with Gasteiger partial charge in [0, 0.05) is 23.7 Å². The molecule has 92 valence electrons. The summed E-state index contributed by atoms with van der Waals surface area (Å²) in [7, 11) is 1.28. The molecule has 0 aromatic carbocycles. The van der Waals surface area contributed by atoms with Gasteiger partial charge in [-0.3, -0.25) is 10.3 Å². The highest BCUT2D eigenvalue weighted by molar-refractivity contribution is 5.82. The van der Waals surface area contributed by atoms with Gasteiger partial charge in [-0.25, -0.2) is 14.8 Å². The molecule has 0 aliphatic rings. The Kier molecular flexibility index (Phi) is 3.47. The first-order chi connectivity index (χ1) is 8.69. The number of aryl methyl sites for hydroxylation is 1. The van der Waals surface area contributed by atoms with E-state index in [1.54, 1.807) is 12.4 Å². The van der Waals surface area contributed by atoms with Gasteiger partial charge in [-0.15, -0.1) is 0 Å². The predicted molar refractivity (Wildman–Crippen MR) is 66.0 cm³/mol. The van der Waals surface area contributed by atoms with E-state index in [9.17, 15) is 4.79 Å². The van der Waals surface area contributed by atoms with E-state index in [-0.39, 0.29) is 5.95 Å². The van der Waals surface area contributed by atoms with Crippen LogP contribution in [0, 0.1) is 6.92 Å². The molecule has 1 N–H and O–H groups in total. The van der Waals surface area contributed by atoms with Crippen molar-refractivity contribution in [1.29, 1.82) is 0 Å². The van der Waals surface area contributed by atoms with Crippen LogP contribution in [0.4, 0.5) is 10.7 Å². The molecule has 0 aliphatic heterocycles. The van der Waals surface area contributed by atoms with E-state index in [2.05, 4.69) is 25.0 Å². The maximum atomic E-state index is 11.0. The number of amides is 1. The first kappa shape index (κ1) is 12.0. The maximum Gasteiger partial charge on any atom is 0.413 e. The number of pyridine rings is 1. The van der Waals surface area contributed by atoms with Gasteiger partial charge in [0.2, 0.25) is 5.95 Å². The van der Waals surface area contributed by atoms with Gasteiger partial charge >= 0.3 is 6.09 Å². The fraction of sp³-hybridized carbons (Fsp3) is 0.167. The van der Waals surface area contributed by atoms with E-state index in [0.29, 0.717) is 0 Å². The minimum absolute atomic E-state index is 0.193. The summed E-state index contributed by atoms with van der Waals surface area (Å²) in [4.78, 5) is 23.3. The van der Waals surface area contributed by atoms with Crippen LogP contribution in [0.1, 0.15) is 5.69 Å². The van der Waals surface area contributed by atoms with Crippen LogP contribution < -0.4 is 5.32 Å². The van der Waals surface area contributed by atoms with Crippen LogP contribution in [0.2, 0.25) is 0 Å². The van der Waals surface area contributed by atoms with Gasteiger partial charge in [0.1, 0.15) is 0 Å². The monoisotopic (exact) mass is 244 g/mol. The molecule has 0 spiro atoms. The molecule has 6 nitrogen and oxygen atoms in total. The average Bonchev–Trinajstić information content (AvgIpc) is 2.39. The van der Waals surface area contributed by atoms with Crippen LogP contribution in [-0.4, -0.2) is 28.2 Å². The number of nitrogens with one attached hydrogen (secondary N) is 1. The number of aromatic nitrogens is 3. The highest BCUT2D eigenvalue weighted by Gasteiger charge is 2.05. The molecule has 0 unspecified atom stereocenters. The summed E-state index contributed by atoms with van der Waals surface area (Å²) in [6, 6.07) is 5.70. The summed E-state index contributed by atoms with van der Waals surface area (Å²) in [5.74, 6) is 0.193. The lowest BCUT2D eigenvalue weighted by molar-refractivity contribution is 0.186. The molecular weight excluding hydrogens is 232 g/mol. The molecule has 1 amide bonds. The number of nitrogens with zero attached hydrogens (tertiary/aromatic N) is 3. The first-order valence-electron chi connectivity index (χ1n) is 5.30. The normalized spacial score (nSPS) is 9.89. The van der Waals surface area contributed by atoms with E-state index in [4.69, 9.17) is 0 Å². The third-order valence-corrected chi connectivity index (χ3v) is 2.24. The summed E-state index contributed by atoms with van der Waals surface area (Å²) < 4.78 is 4.44. The van der Waals surface area contributed by atoms with Gasteiger partial charge in [0.05, 0.1) is 12.8 Å². The second kappa shape index (κ2) is 5.22. The van der Waals surface area contributed by atoms with Crippen molar-refractivity contribution in [3.8, 4) is 11.3 Å². The Balaban J connectivity index is 2.19. The minimum Gasteiger partial charge on any atom is -0.453 e. The Bertz CT molecular complexity index is 554. The van der Waals surface area contributed by atoms with E-state index >= 15 is 0 Å². The lowest BCUT2D eigenvalue weighted by Gasteiger charge is -2.03. The van der Waals surface area contributed by atoms with Crippen LogP contribution in [0.15, 0.2) is 30.6 Å². The van der Waals surface area contributed by atoms with Crippen molar-refractivity contribution in [2.45, 2.75) is 6.92 Å². The Hall–Kier alpha value is -2.50. The Morgan fingerprint density at radius 3 is 2.61 bits per heavy atom. The van der Waals surface area contributed by atoms with Gasteiger partial charge in [-0.1, -0.05) is 6.07 Å². The Morgan fingerprint density at radius 1 is 1.28 bits per heavy atom. The summed E-state index contributed by atoms with van der Waals surface area (Å²) in [6.07, 6.45) is 2.59. The van der Waals surface area contributed by atoms with Gasteiger partial charge < -0.3 is 4.74 Å². The standard InChI is InChI=1S/C12H12N4O2/c1-8-4-3-5-10(15-8)9-6-13-11(14-7-9)16-12(17)18-2/h3-7H,1-2H3,(H,13,14,16,17). The molecule has 0 saturated carbocycles. The quantitative estimate of drug-likeness (QED) is 0.874. The van der Waals surface area contributed by atoms with Crippen LogP contribution in [0.25, 0.3) is 11.3 Å². The first-order valence-corrected chi connectivity index (χ1v) is 5.30. The number of anilines is 1. The van der Waals surface area contributed by atoms with Crippen molar-refractivity contribution >= 4 is 12.0 Å². The second-order valence-corrected chi connectivity index (χ2v) is 3.58. The number of ether oxygens (including phenoxy) is 1. The predicted octanol–water partition coefficient (Wildman–Crippen LogP) is 2.03. The summed E-state index contributed by atoms with van der Waals surface area (Å²) in [5.41, 5.74) is 2.50. The molecule has 0 fully saturated rings. The van der Waals surface area contributed by atoms with Crippen LogP contribution in [0.3, 0.4) is 0 Å². The smallest absolute Gasteiger partial charge is 0.413 e. The lowest BCUT2D eigenvalue weighted by atomic mass is 10.2. The van der Waals surface area contributed by atoms with Crippen molar-refractivity contribution in [3.63, 3.8) is 0 Å². The van der Waals surface area contributed by atoms with Gasteiger partial charge in [-0.2, -0.15) is 0 Å². The lowest BCUT2D eigenvalue weighted by Crippen LogP contribution is -2.13. The molecule has 6 heteroatoms. The molecule has 18 heavy (non-hydrogen) atoms. The van der Waals surface area contributed by atoms with Crippen LogP contribution in [0.5, 0.6) is 0 Å². The Morgan fingerprint density at radius 2 is 2.00 bits per heavy atom. The summed E-state index contributed by atoms with van der Waals surface area (Å²) in [5, 5.41) is 2.38. The largest absolute Gasteiger partial charge is 0.453 e. The summed E-state index contributed by atoms with van der Waals surface area (Å²) in [6.45, 7) is 1.91. The number of carbonyl (C=O) groups is 1. The second-order valence-electron chi connectivity index (χ2n) is 3.58. The third-order valence-electron chi connectivity index (χ3n) is 2.24. The maximum absolute atomic E-state index is 11.0. The number of carbonyl (C=O) groups excluding carboxylic acids is 1. The van der Waals surface area contributed by atoms with Crippen LogP contribution in [-0.2, 0) is 4.74 Å². The van der Waals surface area contributed by atoms with E-state index in [0.717, 1.165) is 17.0 Å². The average molecular weight is 244 g/mol. The van der Waals surface area contributed by atoms with E-state index in [1.165, 1.54) is 7.11 Å². The van der Waals surface area contributed by atoms with Crippen molar-refractivity contribution < 1.29 is 9.53 Å². The molecule has 0 atom stereocenters. The molecule has 0 radical (unpaired) electrons. The third kappa shape index (κ3) is 2.79. The number of methoxy groups -OCH3 is 1. The summed E-state index contributed by atoms with van der Waals surface area (Å²) >= 11 is 0. The van der Waals surface area contributed by atoms with Crippen molar-refractivity contribution in [2.75, 3.05) is 12.4 Å². The SMILES string of the molecule is COC(=O)Nc1ncc(-c2cccc(C)n2)cn1. The molecule has 2 aromatic rings. The zero-order valence-corrected chi connectivity index (χ0v) is 10.0. The van der Waals surface area contributed by atoms with Crippen molar-refractivity contribution in [2.24, 2.45) is 0 Å². The number of rotatable bonds is 2. The minimum atomic E-state index is -0.601. The Labute approximate surface area is 104 Å². The topological polar surface area (TPSA) is 77.0 Å². The molecule has 2 heterocycles. The molecule has 2 aromatic heterocycles. The van der Waals surface area contributed by atoms with Gasteiger partial charge in [0.15, 0.2) is 0 Å². The highest BCUT2D eigenvalue weighted by atomic mass is 16.5. The van der Waals surface area contributed by atoms with E-state index in [1.807, 2.05) is 25.1 Å². The van der Waals surface area contributed by atoms with Gasteiger partial charge in [-0.05, 0) is 19.1 Å². The van der Waals surface area contributed by atoms with Crippen molar-refractivity contribution in [3.05, 3.63) is 36.3 Å². The fourth-order valence-electron chi connectivity index (χ4n) is 1.37. The molecule has 0 saturated heterocycles.